The molecule has 16 heteroatoms. The third-order valence-corrected chi connectivity index (χ3v) is 29.0. The predicted octanol–water partition coefficient (Wildman–Crippen LogP) is 16.3. The molecule has 2 bridgehead atoms. The topological polar surface area (TPSA) is 194 Å². The van der Waals surface area contributed by atoms with E-state index in [0.717, 1.165) is 139 Å². The number of benzene rings is 6. The summed E-state index contributed by atoms with van der Waals surface area (Å²) in [6.07, 6.45) is 13.8. The van der Waals surface area contributed by atoms with Crippen molar-refractivity contribution < 1.29 is 49.6 Å². The summed E-state index contributed by atoms with van der Waals surface area (Å²) in [6, 6.07) is 36.9. The largest absolute Gasteiger partial charge is 0.508 e. The number of aliphatic hydroxyl groups is 3. The molecule has 7 aromatic rings. The van der Waals surface area contributed by atoms with Crippen molar-refractivity contribution in [1.82, 2.24) is 10.3 Å². The zero-order valence-electron chi connectivity index (χ0n) is 57.8. The second kappa shape index (κ2) is 31.5. The summed E-state index contributed by atoms with van der Waals surface area (Å²) in [5, 5.41) is 82.7. The van der Waals surface area contributed by atoms with Crippen LogP contribution in [-0.2, 0) is 59.0 Å². The number of H-pyrrole nitrogens is 1. The lowest BCUT2D eigenvalue weighted by Crippen LogP contribution is -2.63. The number of ketones is 1. The van der Waals surface area contributed by atoms with Crippen molar-refractivity contribution >= 4 is 59.7 Å². The Bertz CT molecular complexity index is 3880. The lowest BCUT2D eigenvalue weighted by molar-refractivity contribution is -0.150. The van der Waals surface area contributed by atoms with Crippen LogP contribution in [0.25, 0.3) is 10.8 Å². The van der Waals surface area contributed by atoms with E-state index in [4.69, 9.17) is 14.2 Å². The number of aromatic nitrogens is 1. The molecule has 6 aliphatic rings. The number of aliphatic hydroxyl groups excluding tert-OH is 3. The molecular formula is C82H102N2O10S4. The smallest absolute Gasteiger partial charge is 0.164 e. The molecule has 0 spiro atoms. The van der Waals surface area contributed by atoms with Crippen LogP contribution in [0, 0.1) is 47.3 Å². The summed E-state index contributed by atoms with van der Waals surface area (Å²) in [7, 11) is 8.21. The first kappa shape index (κ1) is 71.1. The number of carbonyl (C=O) groups is 1. The molecule has 14 unspecified atom stereocenters. The Morgan fingerprint density at radius 1 is 0.765 bits per heavy atom. The molecule has 3 saturated carbocycles. The van der Waals surface area contributed by atoms with Crippen LogP contribution in [0.3, 0.4) is 0 Å². The molecule has 1 saturated heterocycles. The molecule has 98 heavy (non-hydrogen) atoms. The minimum absolute atomic E-state index is 0.000654. The van der Waals surface area contributed by atoms with Crippen LogP contribution in [-0.4, -0.2) is 110 Å². The molecule has 4 fully saturated rings. The fourth-order valence-corrected chi connectivity index (χ4v) is 24.4. The van der Waals surface area contributed by atoms with Crippen molar-refractivity contribution in [2.75, 3.05) is 50.7 Å². The number of rotatable bonds is 16. The first-order valence-corrected chi connectivity index (χ1v) is 41.3. The molecule has 1 aromatic heterocycles. The minimum atomic E-state index is -1.79. The van der Waals surface area contributed by atoms with Gasteiger partial charge in [0.05, 0.1) is 36.6 Å². The quantitative estimate of drug-likeness (QED) is 0.0426. The molecule has 8 N–H and O–H groups in total. The van der Waals surface area contributed by atoms with Gasteiger partial charge in [0, 0.05) is 78.1 Å². The Morgan fingerprint density at radius 2 is 1.57 bits per heavy atom. The van der Waals surface area contributed by atoms with Crippen LogP contribution in [0.2, 0.25) is 0 Å². The summed E-state index contributed by atoms with van der Waals surface area (Å²) in [5.41, 5.74) is 8.35. The highest BCUT2D eigenvalue weighted by Crippen LogP contribution is 2.59. The fraction of sp³-hybridized carbons (Fsp3) is 0.524. The summed E-state index contributed by atoms with van der Waals surface area (Å²) in [4.78, 5) is 21.4. The van der Waals surface area contributed by atoms with E-state index in [9.17, 15) is 30.6 Å². The highest BCUT2D eigenvalue weighted by Gasteiger charge is 2.62. The molecule has 14 atom stereocenters. The van der Waals surface area contributed by atoms with E-state index in [2.05, 4.69) is 91.7 Å². The Labute approximate surface area is 596 Å². The average molecular weight is 1400 g/mol. The van der Waals surface area contributed by atoms with Gasteiger partial charge in [0.2, 0.25) is 0 Å². The van der Waals surface area contributed by atoms with Crippen LogP contribution in [0.4, 0.5) is 0 Å². The number of Topliss-reactive ketones (excluding diaryl/α,β-unsaturated/α-hetero) is 1. The predicted molar refractivity (Wildman–Crippen MR) is 401 cm³/mol. The van der Waals surface area contributed by atoms with Gasteiger partial charge in [0.1, 0.15) is 11.9 Å². The number of hydrogen-bond acceptors (Lipinski definition) is 15. The van der Waals surface area contributed by atoms with Gasteiger partial charge in [-0.05, 0) is 242 Å². The first-order valence-electron chi connectivity index (χ1n) is 36.5. The lowest BCUT2D eigenvalue weighted by atomic mass is 9.52. The van der Waals surface area contributed by atoms with Gasteiger partial charge in [-0.3, -0.25) is 4.79 Å². The maximum absolute atomic E-state index is 18.1. The van der Waals surface area contributed by atoms with Crippen LogP contribution < -0.4 is 14.8 Å². The van der Waals surface area contributed by atoms with Gasteiger partial charge in [-0.2, -0.15) is 0 Å². The van der Waals surface area contributed by atoms with Gasteiger partial charge in [-0.25, -0.2) is 0 Å². The summed E-state index contributed by atoms with van der Waals surface area (Å²) in [5.74, 6) is 0.591. The number of aromatic hydroxyl groups is 3. The number of nitrogens with one attached hydrogen (secondary N) is 2. The van der Waals surface area contributed by atoms with Crippen molar-refractivity contribution in [3.05, 3.63) is 183 Å². The van der Waals surface area contributed by atoms with Crippen molar-refractivity contribution in [1.29, 1.82) is 0 Å². The number of ether oxygens (including phenoxy) is 3. The first-order chi connectivity index (χ1) is 47.6. The number of aryl methyl sites for hydroxylation is 2. The Kier molecular flexibility index (Phi) is 22.9. The van der Waals surface area contributed by atoms with Gasteiger partial charge in [-0.1, -0.05) is 143 Å². The molecular weight excluding hydrogens is 1300 g/mol. The second-order valence-electron chi connectivity index (χ2n) is 29.8. The monoisotopic (exact) mass is 1400 g/mol. The number of phenolic OH excluding ortho intramolecular Hbond substituents is 3. The van der Waals surface area contributed by atoms with E-state index < -0.39 is 52.1 Å². The van der Waals surface area contributed by atoms with E-state index in [0.29, 0.717) is 84.4 Å². The fourth-order valence-electron chi connectivity index (χ4n) is 18.7. The van der Waals surface area contributed by atoms with E-state index in [1.807, 2.05) is 49.6 Å². The Hall–Kier alpha value is -5.27. The van der Waals surface area contributed by atoms with Gasteiger partial charge in [-0.15, -0.1) is 0 Å². The molecule has 0 amide bonds. The molecule has 13 rings (SSSR count). The van der Waals surface area contributed by atoms with Crippen molar-refractivity contribution in [3.63, 3.8) is 0 Å². The van der Waals surface area contributed by atoms with E-state index in [1.165, 1.54) is 11.1 Å². The zero-order valence-corrected chi connectivity index (χ0v) is 61.0. The maximum atomic E-state index is 18.1. The van der Waals surface area contributed by atoms with Crippen LogP contribution in [0.15, 0.2) is 122 Å². The normalized spacial score (nSPS) is 29.4. The molecule has 524 valence electrons. The highest BCUT2D eigenvalue weighted by molar-refractivity contribution is 8.77. The number of piperidine rings is 1. The maximum Gasteiger partial charge on any atom is 0.164 e. The molecule has 4 heterocycles. The van der Waals surface area contributed by atoms with Gasteiger partial charge in [0.25, 0.3) is 0 Å². The average Bonchev–Trinajstić information content (AvgIpc) is 0.725. The van der Waals surface area contributed by atoms with Crippen molar-refractivity contribution in [2.24, 2.45) is 47.3 Å². The molecule has 0 radical (unpaired) electrons. The van der Waals surface area contributed by atoms with Gasteiger partial charge in [0.15, 0.2) is 28.8 Å². The van der Waals surface area contributed by atoms with Gasteiger partial charge < -0.3 is 55.2 Å². The number of aromatic amines is 1. The second-order valence-corrected chi connectivity index (χ2v) is 34.9. The molecule has 6 aromatic carbocycles. The van der Waals surface area contributed by atoms with E-state index in [1.54, 1.807) is 68.5 Å². The van der Waals surface area contributed by atoms with Crippen molar-refractivity contribution in [2.45, 2.75) is 171 Å². The summed E-state index contributed by atoms with van der Waals surface area (Å²) < 4.78 is 19.3. The number of carbonyl (C=O) groups excluding carboxylic acids is 1. The lowest BCUT2D eigenvalue weighted by Gasteiger charge is -2.54. The number of hydrogen-bond donors (Lipinski definition) is 8. The number of phenols is 3. The van der Waals surface area contributed by atoms with E-state index in [-0.39, 0.29) is 54.0 Å². The molecule has 12 nitrogen and oxygen atoms in total. The van der Waals surface area contributed by atoms with E-state index >= 15 is 4.79 Å². The minimum Gasteiger partial charge on any atom is -0.508 e. The third kappa shape index (κ3) is 14.5. The van der Waals surface area contributed by atoms with Crippen LogP contribution in [0.1, 0.15) is 164 Å². The molecule has 3 aliphatic carbocycles. The number of methoxy groups -OCH3 is 1. The van der Waals surface area contributed by atoms with Gasteiger partial charge >= 0.3 is 0 Å². The number of fused-ring (bicyclic) bond motifs is 6. The highest BCUT2D eigenvalue weighted by atomic mass is 33.1. The zero-order chi connectivity index (χ0) is 68.2. The Balaban J connectivity index is 0.990. The standard InChI is InChI=1S/C82H102N2O10S4/c1-6-54-22-23-55-14-9-16-65-74(44-85)98-97-47-61-38-75(89)82(69-48-96-95-46-59-21-20-53(45-93-7-2)35-72(59)94-73-37-58(69)25-26-70(73)87,80(91)77(61)78(90)60(34-52-28-31-83-43-52)36-56-24-27-71(88)79(92-5)67(56)42-66(54)76(55)65)63-39-62(40-64(86)41-63)81-29-10-15-57(68(81)17-11-30-84-81)33-51-13-8-12-50(32-51)19-18-49(3)4/h8-9,12-14,16,22-28,31-32,37,39-41,43,49,53,57,59-61,68-69,72,74-75,77-78,83-90H,6-7,10-11,15,17-21,29-30,33-36,38,42,44-48H2,1-5H3. The SMILES string of the molecule is CCOCC1CCC2CSSCC(C3(c4cc(O)cc(C56CCCC(Cc7cccc(CCC(C)C)c7)C5CCCN6)c4)C(=O)C4C(CSSC(CO)c5cccc6ccc(CC)c(c56)Cc5c(ccc(O)c5OC)CC(Cc5cc[nH]c5)C4O)CC3O)c3ccc(O)c(c3)OC2C1. The summed E-state index contributed by atoms with van der Waals surface area (Å²) >= 11 is 0. The molecule has 3 aliphatic heterocycles. The third-order valence-electron chi connectivity index (χ3n) is 23.6. The van der Waals surface area contributed by atoms with Crippen LogP contribution >= 0.6 is 43.2 Å². The van der Waals surface area contributed by atoms with Crippen LogP contribution in [0.5, 0.6) is 28.7 Å². The van der Waals surface area contributed by atoms with Crippen molar-refractivity contribution in [3.8, 4) is 28.7 Å². The Morgan fingerprint density at radius 3 is 2.38 bits per heavy atom. The summed E-state index contributed by atoms with van der Waals surface area (Å²) in [6.45, 7) is 10.7.